The Balaban J connectivity index is 1.52. The molecule has 0 radical (unpaired) electrons. The SMILES string of the molecule is CC(=O)N1N=C(COc2ccc3c(C)cc(=O)oc3c2)O[C@@H]1c1ccccc1. The molecule has 0 unspecified atom stereocenters. The van der Waals surface area contributed by atoms with E-state index >= 15 is 0 Å². The Morgan fingerprint density at radius 3 is 2.71 bits per heavy atom. The van der Waals surface area contributed by atoms with Crippen molar-refractivity contribution < 1.29 is 18.7 Å². The molecule has 1 aliphatic rings. The first-order valence-electron chi connectivity index (χ1n) is 8.77. The minimum absolute atomic E-state index is 0.0364. The molecule has 1 amide bonds. The average molecular weight is 378 g/mol. The normalized spacial score (nSPS) is 16.0. The topological polar surface area (TPSA) is 81.3 Å². The number of amides is 1. The summed E-state index contributed by atoms with van der Waals surface area (Å²) >= 11 is 0. The second-order valence-electron chi connectivity index (χ2n) is 6.43. The fourth-order valence-electron chi connectivity index (χ4n) is 3.04. The van der Waals surface area contributed by atoms with Gasteiger partial charge in [0.2, 0.25) is 18.0 Å². The van der Waals surface area contributed by atoms with E-state index in [0.29, 0.717) is 11.3 Å². The van der Waals surface area contributed by atoms with Crippen molar-refractivity contribution in [3.8, 4) is 5.75 Å². The predicted octanol–water partition coefficient (Wildman–Crippen LogP) is 3.37. The lowest BCUT2D eigenvalue weighted by Gasteiger charge is -2.19. The highest BCUT2D eigenvalue weighted by molar-refractivity contribution is 5.84. The van der Waals surface area contributed by atoms with E-state index in [1.54, 1.807) is 12.1 Å². The van der Waals surface area contributed by atoms with Crippen molar-refractivity contribution in [3.05, 3.63) is 76.1 Å². The van der Waals surface area contributed by atoms with Crippen LogP contribution in [0.3, 0.4) is 0 Å². The Hall–Kier alpha value is -3.61. The molecule has 1 aliphatic heterocycles. The number of benzene rings is 2. The van der Waals surface area contributed by atoms with Gasteiger partial charge in [-0.1, -0.05) is 30.3 Å². The lowest BCUT2D eigenvalue weighted by atomic mass is 10.1. The summed E-state index contributed by atoms with van der Waals surface area (Å²) in [7, 11) is 0. The summed E-state index contributed by atoms with van der Waals surface area (Å²) in [4.78, 5) is 23.5. The molecule has 4 rings (SSSR count). The summed E-state index contributed by atoms with van der Waals surface area (Å²) in [6, 6.07) is 16.1. The molecule has 0 fully saturated rings. The maximum Gasteiger partial charge on any atom is 0.336 e. The predicted molar refractivity (Wildman–Crippen MR) is 103 cm³/mol. The van der Waals surface area contributed by atoms with Crippen LogP contribution in [0.1, 0.15) is 24.3 Å². The van der Waals surface area contributed by atoms with E-state index < -0.39 is 11.9 Å². The van der Waals surface area contributed by atoms with Gasteiger partial charge in [-0.25, -0.2) is 4.79 Å². The van der Waals surface area contributed by atoms with Crippen molar-refractivity contribution >= 4 is 22.8 Å². The Bertz CT molecular complexity index is 1120. The van der Waals surface area contributed by atoms with E-state index in [1.165, 1.54) is 18.0 Å². The van der Waals surface area contributed by atoms with Gasteiger partial charge in [0.05, 0.1) is 0 Å². The maximum absolute atomic E-state index is 11.9. The molecule has 0 saturated carbocycles. The van der Waals surface area contributed by atoms with Gasteiger partial charge in [0.15, 0.2) is 6.61 Å². The van der Waals surface area contributed by atoms with Gasteiger partial charge in [-0.15, -0.1) is 5.10 Å². The summed E-state index contributed by atoms with van der Waals surface area (Å²) in [5.41, 5.74) is 1.70. The summed E-state index contributed by atoms with van der Waals surface area (Å²) in [6.07, 6.45) is -0.616. The van der Waals surface area contributed by atoms with Gasteiger partial charge < -0.3 is 13.9 Å². The Kier molecular flexibility index (Phi) is 4.57. The standard InChI is InChI=1S/C21H18N2O5/c1-13-10-20(25)27-18-11-16(8-9-17(13)18)26-12-19-22-23(14(2)24)21(28-19)15-6-4-3-5-7-15/h3-11,21H,12H2,1-2H3/t21-/m1/s1. The highest BCUT2D eigenvalue weighted by Gasteiger charge is 2.32. The molecule has 0 spiro atoms. The third-order valence-corrected chi connectivity index (χ3v) is 4.38. The van der Waals surface area contributed by atoms with E-state index in [2.05, 4.69) is 5.10 Å². The van der Waals surface area contributed by atoms with Crippen LogP contribution in [0.5, 0.6) is 5.75 Å². The monoisotopic (exact) mass is 378 g/mol. The second kappa shape index (κ2) is 7.19. The molecule has 0 aliphatic carbocycles. The molecule has 0 saturated heterocycles. The first kappa shape index (κ1) is 17.8. The van der Waals surface area contributed by atoms with Gasteiger partial charge in [-0.3, -0.25) is 4.79 Å². The molecule has 2 aromatic carbocycles. The van der Waals surface area contributed by atoms with Crippen molar-refractivity contribution in [2.75, 3.05) is 6.61 Å². The second-order valence-corrected chi connectivity index (χ2v) is 6.43. The van der Waals surface area contributed by atoms with Crippen LogP contribution >= 0.6 is 0 Å². The largest absolute Gasteiger partial charge is 0.484 e. The first-order chi connectivity index (χ1) is 13.5. The molecule has 0 bridgehead atoms. The van der Waals surface area contributed by atoms with Gasteiger partial charge >= 0.3 is 5.63 Å². The van der Waals surface area contributed by atoms with Crippen LogP contribution in [0.2, 0.25) is 0 Å². The van der Waals surface area contributed by atoms with Crippen LogP contribution in [-0.2, 0) is 9.53 Å². The fraction of sp³-hybridized carbons (Fsp3) is 0.190. The minimum Gasteiger partial charge on any atom is -0.484 e. The van der Waals surface area contributed by atoms with Crippen LogP contribution in [0.15, 0.2) is 68.9 Å². The van der Waals surface area contributed by atoms with Gasteiger partial charge in [0, 0.05) is 30.0 Å². The Morgan fingerprint density at radius 1 is 1.18 bits per heavy atom. The van der Waals surface area contributed by atoms with E-state index in [9.17, 15) is 9.59 Å². The highest BCUT2D eigenvalue weighted by atomic mass is 16.6. The molecular formula is C21H18N2O5. The van der Waals surface area contributed by atoms with Crippen LogP contribution in [0.4, 0.5) is 0 Å². The number of hydrogen-bond acceptors (Lipinski definition) is 6. The van der Waals surface area contributed by atoms with Crippen LogP contribution in [-0.4, -0.2) is 23.4 Å². The zero-order valence-electron chi connectivity index (χ0n) is 15.4. The van der Waals surface area contributed by atoms with Crippen molar-refractivity contribution in [1.82, 2.24) is 5.01 Å². The molecule has 7 nitrogen and oxygen atoms in total. The summed E-state index contributed by atoms with van der Waals surface area (Å²) in [5, 5.41) is 6.36. The zero-order chi connectivity index (χ0) is 19.7. The summed E-state index contributed by atoms with van der Waals surface area (Å²) in [5.74, 6) is 0.562. The number of aryl methyl sites for hydroxylation is 1. The molecule has 142 valence electrons. The number of hydrogen-bond donors (Lipinski definition) is 0. The molecular weight excluding hydrogens is 360 g/mol. The van der Waals surface area contributed by atoms with Crippen LogP contribution in [0.25, 0.3) is 11.0 Å². The average Bonchev–Trinajstić information content (AvgIpc) is 3.11. The maximum atomic E-state index is 11.9. The van der Waals surface area contributed by atoms with Gasteiger partial charge in [0.25, 0.3) is 0 Å². The van der Waals surface area contributed by atoms with Crippen molar-refractivity contribution in [3.63, 3.8) is 0 Å². The van der Waals surface area contributed by atoms with Gasteiger partial charge in [-0.05, 0) is 24.6 Å². The molecule has 3 aromatic rings. The molecule has 1 aromatic heterocycles. The van der Waals surface area contributed by atoms with Crippen LogP contribution in [0, 0.1) is 6.92 Å². The minimum atomic E-state index is -0.616. The van der Waals surface area contributed by atoms with E-state index in [0.717, 1.165) is 16.5 Å². The van der Waals surface area contributed by atoms with Crippen molar-refractivity contribution in [2.24, 2.45) is 5.10 Å². The number of hydrazone groups is 1. The molecule has 2 heterocycles. The lowest BCUT2D eigenvalue weighted by Crippen LogP contribution is -2.25. The zero-order valence-corrected chi connectivity index (χ0v) is 15.4. The first-order valence-corrected chi connectivity index (χ1v) is 8.77. The number of carbonyl (C=O) groups excluding carboxylic acids is 1. The van der Waals surface area contributed by atoms with Crippen molar-refractivity contribution in [2.45, 2.75) is 20.1 Å². The lowest BCUT2D eigenvalue weighted by molar-refractivity contribution is -0.135. The van der Waals surface area contributed by atoms with E-state index in [-0.39, 0.29) is 18.4 Å². The number of nitrogens with zero attached hydrogens (tertiary/aromatic N) is 2. The van der Waals surface area contributed by atoms with E-state index in [1.807, 2.05) is 43.3 Å². The molecule has 0 N–H and O–H groups in total. The van der Waals surface area contributed by atoms with E-state index in [4.69, 9.17) is 13.9 Å². The summed E-state index contributed by atoms with van der Waals surface area (Å²) < 4.78 is 16.8. The van der Waals surface area contributed by atoms with Crippen LogP contribution < -0.4 is 10.4 Å². The number of rotatable bonds is 4. The number of carbonyl (C=O) groups is 1. The third kappa shape index (κ3) is 3.46. The van der Waals surface area contributed by atoms with Crippen molar-refractivity contribution in [1.29, 1.82) is 0 Å². The Morgan fingerprint density at radius 2 is 1.96 bits per heavy atom. The quantitative estimate of drug-likeness (QED) is 0.650. The molecule has 7 heteroatoms. The summed E-state index contributed by atoms with van der Waals surface area (Å²) in [6.45, 7) is 3.32. The molecule has 1 atom stereocenters. The highest BCUT2D eigenvalue weighted by Crippen LogP contribution is 2.28. The fourth-order valence-corrected chi connectivity index (χ4v) is 3.04. The third-order valence-electron chi connectivity index (χ3n) is 4.38. The van der Waals surface area contributed by atoms with Gasteiger partial charge in [-0.2, -0.15) is 5.01 Å². The Labute approximate surface area is 160 Å². The van der Waals surface area contributed by atoms with Gasteiger partial charge in [0.1, 0.15) is 11.3 Å². The smallest absolute Gasteiger partial charge is 0.336 e. The number of fused-ring (bicyclic) bond motifs is 1. The number of ether oxygens (including phenoxy) is 2. The molecule has 28 heavy (non-hydrogen) atoms.